The Hall–Kier alpha value is -2.70. The molecule has 0 aliphatic heterocycles. The zero-order valence-corrected chi connectivity index (χ0v) is 15.4. The molecule has 3 rings (SSSR count). The van der Waals surface area contributed by atoms with Crippen molar-refractivity contribution < 1.29 is 9.18 Å². The Bertz CT molecular complexity index is 911. The van der Waals surface area contributed by atoms with Gasteiger partial charge in [-0.3, -0.25) is 18.7 Å². The third-order valence-corrected chi connectivity index (χ3v) is 5.21. The molecule has 2 aromatic rings. The monoisotopic (exact) mass is 373 g/mol. The van der Waals surface area contributed by atoms with Crippen LogP contribution in [0.25, 0.3) is 0 Å². The Morgan fingerprint density at radius 3 is 2.48 bits per heavy atom. The van der Waals surface area contributed by atoms with Crippen molar-refractivity contribution in [2.75, 3.05) is 6.54 Å². The number of benzene rings is 1. The second kappa shape index (κ2) is 8.33. The van der Waals surface area contributed by atoms with Crippen molar-refractivity contribution in [1.29, 1.82) is 0 Å². The summed E-state index contributed by atoms with van der Waals surface area (Å²) in [5.74, 6) is -0.415. The zero-order valence-electron chi connectivity index (χ0n) is 15.4. The first kappa shape index (κ1) is 19.1. The van der Waals surface area contributed by atoms with Crippen LogP contribution in [0.2, 0.25) is 0 Å². The summed E-state index contributed by atoms with van der Waals surface area (Å²) in [6, 6.07) is 7.74. The lowest BCUT2D eigenvalue weighted by atomic mass is 10.1. The lowest BCUT2D eigenvalue weighted by molar-refractivity contribution is -0.134. The van der Waals surface area contributed by atoms with E-state index in [9.17, 15) is 18.8 Å². The van der Waals surface area contributed by atoms with Gasteiger partial charge in [0.15, 0.2) is 0 Å². The van der Waals surface area contributed by atoms with Crippen molar-refractivity contribution >= 4 is 5.91 Å². The van der Waals surface area contributed by atoms with Gasteiger partial charge in [-0.1, -0.05) is 25.0 Å². The fraction of sp³-hybridized carbons (Fsp3) is 0.450. The van der Waals surface area contributed by atoms with Crippen molar-refractivity contribution in [3.8, 4) is 0 Å². The van der Waals surface area contributed by atoms with Crippen LogP contribution >= 0.6 is 0 Å². The van der Waals surface area contributed by atoms with Gasteiger partial charge in [-0.2, -0.15) is 0 Å². The van der Waals surface area contributed by atoms with Gasteiger partial charge in [0.2, 0.25) is 5.91 Å². The predicted octanol–water partition coefficient (Wildman–Crippen LogP) is 1.70. The molecule has 7 heteroatoms. The molecule has 0 unspecified atom stereocenters. The van der Waals surface area contributed by atoms with Crippen LogP contribution < -0.4 is 11.2 Å². The Labute approximate surface area is 156 Å². The van der Waals surface area contributed by atoms with Gasteiger partial charge in [-0.25, -0.2) is 9.18 Å². The van der Waals surface area contributed by atoms with Crippen molar-refractivity contribution in [2.45, 2.75) is 44.7 Å². The number of hydrogen-bond acceptors (Lipinski definition) is 3. The molecule has 1 aromatic carbocycles. The molecule has 1 heterocycles. The zero-order chi connectivity index (χ0) is 19.4. The van der Waals surface area contributed by atoms with Crippen LogP contribution in [0.3, 0.4) is 0 Å². The summed E-state index contributed by atoms with van der Waals surface area (Å²) in [7, 11) is 1.40. The van der Waals surface area contributed by atoms with Crippen molar-refractivity contribution in [1.82, 2.24) is 14.0 Å². The summed E-state index contributed by atoms with van der Waals surface area (Å²) in [6.07, 6.45) is 6.09. The Balaban J connectivity index is 1.75. The van der Waals surface area contributed by atoms with Crippen LogP contribution in [0.5, 0.6) is 0 Å². The number of carbonyl (C=O) groups is 1. The second-order valence-corrected chi connectivity index (χ2v) is 7.03. The lowest BCUT2D eigenvalue weighted by Crippen LogP contribution is -2.45. The maximum atomic E-state index is 13.1. The van der Waals surface area contributed by atoms with Gasteiger partial charge in [-0.15, -0.1) is 0 Å². The summed E-state index contributed by atoms with van der Waals surface area (Å²) >= 11 is 0. The topological polar surface area (TPSA) is 64.3 Å². The highest BCUT2D eigenvalue weighted by Crippen LogP contribution is 2.24. The van der Waals surface area contributed by atoms with Crippen molar-refractivity contribution in [2.24, 2.45) is 7.05 Å². The number of halogens is 1. The average molecular weight is 373 g/mol. The standard InChI is InChI=1S/C20H24FN3O3/c1-22-18(25)11-12-23(20(22)27)14-19(26)24(17-4-2-3-5-17)13-10-15-6-8-16(21)9-7-15/h6-9,11-12,17H,2-5,10,13-14H2,1H3. The van der Waals surface area contributed by atoms with E-state index in [1.54, 1.807) is 12.1 Å². The van der Waals surface area contributed by atoms with Crippen LogP contribution in [0.1, 0.15) is 31.2 Å². The summed E-state index contributed by atoms with van der Waals surface area (Å²) in [5, 5.41) is 0. The molecule has 1 aliphatic rings. The first-order chi connectivity index (χ1) is 13.0. The SMILES string of the molecule is Cn1c(=O)ccn(CC(=O)N(CCc2ccc(F)cc2)C2CCCC2)c1=O. The van der Waals surface area contributed by atoms with Gasteiger partial charge in [-0.05, 0) is 37.0 Å². The van der Waals surface area contributed by atoms with Crippen LogP contribution in [0.15, 0.2) is 46.1 Å². The molecule has 27 heavy (non-hydrogen) atoms. The quantitative estimate of drug-likeness (QED) is 0.774. The number of rotatable bonds is 6. The van der Waals surface area contributed by atoms with Crippen LogP contribution in [-0.4, -0.2) is 32.5 Å². The highest BCUT2D eigenvalue weighted by atomic mass is 19.1. The molecule has 0 bridgehead atoms. The summed E-state index contributed by atoms with van der Waals surface area (Å²) in [6.45, 7) is 0.433. The van der Waals surface area contributed by atoms with E-state index in [-0.39, 0.29) is 24.3 Å². The minimum absolute atomic E-state index is 0.0904. The summed E-state index contributed by atoms with van der Waals surface area (Å²) in [4.78, 5) is 38.5. The molecule has 1 amide bonds. The fourth-order valence-electron chi connectivity index (χ4n) is 3.60. The Kier molecular flexibility index (Phi) is 5.88. The summed E-state index contributed by atoms with van der Waals surface area (Å²) in [5.41, 5.74) is 0.0693. The molecule has 144 valence electrons. The van der Waals surface area contributed by atoms with Gasteiger partial charge < -0.3 is 4.90 Å². The van der Waals surface area contributed by atoms with E-state index in [4.69, 9.17) is 0 Å². The first-order valence-corrected chi connectivity index (χ1v) is 9.26. The van der Waals surface area contributed by atoms with Gasteiger partial charge in [0.25, 0.3) is 5.56 Å². The largest absolute Gasteiger partial charge is 0.338 e. The molecule has 1 aliphatic carbocycles. The van der Waals surface area contributed by atoms with Crippen molar-refractivity contribution in [3.63, 3.8) is 0 Å². The molecule has 1 saturated carbocycles. The van der Waals surface area contributed by atoms with Crippen LogP contribution in [0.4, 0.5) is 4.39 Å². The van der Waals surface area contributed by atoms with E-state index in [0.29, 0.717) is 13.0 Å². The molecule has 6 nitrogen and oxygen atoms in total. The highest BCUT2D eigenvalue weighted by Gasteiger charge is 2.26. The van der Waals surface area contributed by atoms with Crippen molar-refractivity contribution in [3.05, 3.63) is 68.7 Å². The first-order valence-electron chi connectivity index (χ1n) is 9.26. The van der Waals surface area contributed by atoms with Crippen LogP contribution in [-0.2, 0) is 24.8 Å². The van der Waals surface area contributed by atoms with Gasteiger partial charge >= 0.3 is 5.69 Å². The second-order valence-electron chi connectivity index (χ2n) is 7.03. The molecule has 1 aromatic heterocycles. The lowest BCUT2D eigenvalue weighted by Gasteiger charge is -2.29. The fourth-order valence-corrected chi connectivity index (χ4v) is 3.60. The molecular formula is C20H24FN3O3. The minimum atomic E-state index is -0.499. The number of amides is 1. The Morgan fingerprint density at radius 2 is 1.81 bits per heavy atom. The third-order valence-electron chi connectivity index (χ3n) is 5.21. The Morgan fingerprint density at radius 1 is 1.15 bits per heavy atom. The van der Waals surface area contributed by atoms with Crippen LogP contribution in [0, 0.1) is 5.82 Å². The highest BCUT2D eigenvalue weighted by molar-refractivity contribution is 5.76. The van der Waals surface area contributed by atoms with E-state index >= 15 is 0 Å². The summed E-state index contributed by atoms with van der Waals surface area (Å²) < 4.78 is 15.3. The van der Waals surface area contributed by atoms with Gasteiger partial charge in [0.1, 0.15) is 12.4 Å². The number of nitrogens with zero attached hydrogens (tertiary/aromatic N) is 3. The van der Waals surface area contributed by atoms with E-state index < -0.39 is 11.2 Å². The molecule has 1 fully saturated rings. The van der Waals surface area contributed by atoms with Gasteiger partial charge in [0.05, 0.1) is 0 Å². The molecular weight excluding hydrogens is 349 g/mol. The number of aromatic nitrogens is 2. The average Bonchev–Trinajstić information content (AvgIpc) is 3.18. The molecule has 0 saturated heterocycles. The molecule has 0 radical (unpaired) electrons. The molecule has 0 atom stereocenters. The van der Waals surface area contributed by atoms with E-state index in [1.165, 1.54) is 36.0 Å². The minimum Gasteiger partial charge on any atom is -0.338 e. The number of carbonyl (C=O) groups excluding carboxylic acids is 1. The molecule has 0 spiro atoms. The van der Waals surface area contributed by atoms with E-state index in [0.717, 1.165) is 35.8 Å². The van der Waals surface area contributed by atoms with E-state index in [2.05, 4.69) is 0 Å². The maximum Gasteiger partial charge on any atom is 0.331 e. The van der Waals surface area contributed by atoms with E-state index in [1.807, 2.05) is 4.90 Å². The predicted molar refractivity (Wildman–Crippen MR) is 100 cm³/mol. The maximum absolute atomic E-state index is 13.1. The third kappa shape index (κ3) is 4.53. The number of hydrogen-bond donors (Lipinski definition) is 0. The molecule has 0 N–H and O–H groups in total. The normalized spacial score (nSPS) is 14.4. The van der Waals surface area contributed by atoms with Gasteiger partial charge in [0, 0.05) is 31.9 Å². The smallest absolute Gasteiger partial charge is 0.331 e.